The number of fused-ring (bicyclic) bond motifs is 1. The third-order valence-corrected chi connectivity index (χ3v) is 4.11. The standard InChI is InChI=1S/C20H17N5O/c1-26-15-6-2-13(3-7-15)4-9-18-16-8-5-14(12-19(16)25-24-18)17-10-11-22-20(21)23-17/h2-12H,1H3,(H,24,25)(H2,21,22,23)/b9-4+. The molecule has 0 aliphatic rings. The van der Waals surface area contributed by atoms with E-state index in [2.05, 4.69) is 20.2 Å². The van der Waals surface area contributed by atoms with Crippen molar-refractivity contribution in [2.24, 2.45) is 0 Å². The number of anilines is 1. The lowest BCUT2D eigenvalue weighted by Gasteiger charge is -2.01. The first kappa shape index (κ1) is 15.8. The number of nitrogens with zero attached hydrogens (tertiary/aromatic N) is 3. The lowest BCUT2D eigenvalue weighted by atomic mass is 10.1. The summed E-state index contributed by atoms with van der Waals surface area (Å²) in [4.78, 5) is 8.18. The number of ether oxygens (including phenoxy) is 1. The van der Waals surface area contributed by atoms with Gasteiger partial charge in [-0.1, -0.05) is 24.3 Å². The fourth-order valence-electron chi connectivity index (χ4n) is 2.75. The topological polar surface area (TPSA) is 89.7 Å². The monoisotopic (exact) mass is 343 g/mol. The third kappa shape index (κ3) is 3.12. The van der Waals surface area contributed by atoms with E-state index in [0.29, 0.717) is 0 Å². The van der Waals surface area contributed by atoms with E-state index in [4.69, 9.17) is 10.5 Å². The molecule has 0 bridgehead atoms. The van der Waals surface area contributed by atoms with E-state index in [1.54, 1.807) is 13.3 Å². The number of nitrogen functional groups attached to an aromatic ring is 1. The Kier molecular flexibility index (Phi) is 4.07. The molecule has 0 radical (unpaired) electrons. The normalized spacial score (nSPS) is 11.3. The summed E-state index contributed by atoms with van der Waals surface area (Å²) in [5.41, 5.74) is 10.3. The first-order chi connectivity index (χ1) is 12.7. The molecule has 0 aliphatic carbocycles. The van der Waals surface area contributed by atoms with Crippen LogP contribution in [0, 0.1) is 0 Å². The van der Waals surface area contributed by atoms with Crippen LogP contribution >= 0.6 is 0 Å². The Morgan fingerprint density at radius 2 is 1.88 bits per heavy atom. The number of H-pyrrole nitrogens is 1. The molecule has 6 nitrogen and oxygen atoms in total. The van der Waals surface area contributed by atoms with Crippen molar-refractivity contribution in [3.8, 4) is 17.0 Å². The molecule has 4 rings (SSSR count). The number of nitrogens with one attached hydrogen (secondary N) is 1. The Morgan fingerprint density at radius 3 is 2.65 bits per heavy atom. The average molecular weight is 343 g/mol. The number of methoxy groups -OCH3 is 1. The quantitative estimate of drug-likeness (QED) is 0.588. The molecular weight excluding hydrogens is 326 g/mol. The highest BCUT2D eigenvalue weighted by atomic mass is 16.5. The Balaban J connectivity index is 1.63. The van der Waals surface area contributed by atoms with Gasteiger partial charge in [-0.2, -0.15) is 5.10 Å². The molecule has 4 aromatic rings. The van der Waals surface area contributed by atoms with Crippen molar-refractivity contribution in [2.75, 3.05) is 12.8 Å². The van der Waals surface area contributed by atoms with Gasteiger partial charge in [0.1, 0.15) is 5.75 Å². The van der Waals surface area contributed by atoms with Gasteiger partial charge in [-0.25, -0.2) is 9.97 Å². The maximum Gasteiger partial charge on any atom is 0.220 e. The van der Waals surface area contributed by atoms with E-state index >= 15 is 0 Å². The van der Waals surface area contributed by atoms with Gasteiger partial charge in [0.05, 0.1) is 24.0 Å². The van der Waals surface area contributed by atoms with Gasteiger partial charge >= 0.3 is 0 Å². The summed E-state index contributed by atoms with van der Waals surface area (Å²) in [6.45, 7) is 0. The predicted molar refractivity (Wildman–Crippen MR) is 103 cm³/mol. The van der Waals surface area contributed by atoms with Crippen LogP contribution in [0.5, 0.6) is 5.75 Å². The molecule has 0 amide bonds. The third-order valence-electron chi connectivity index (χ3n) is 4.11. The van der Waals surface area contributed by atoms with Gasteiger partial charge < -0.3 is 10.5 Å². The second-order valence-electron chi connectivity index (χ2n) is 5.78. The molecule has 0 fully saturated rings. The molecule has 0 aliphatic heterocycles. The molecule has 26 heavy (non-hydrogen) atoms. The molecule has 0 unspecified atom stereocenters. The number of benzene rings is 2. The number of hydrogen-bond acceptors (Lipinski definition) is 5. The van der Waals surface area contributed by atoms with Crippen molar-refractivity contribution >= 4 is 29.0 Å². The van der Waals surface area contributed by atoms with Gasteiger partial charge in [-0.3, -0.25) is 5.10 Å². The molecule has 2 aromatic heterocycles. The summed E-state index contributed by atoms with van der Waals surface area (Å²) >= 11 is 0. The number of rotatable bonds is 4. The fourth-order valence-corrected chi connectivity index (χ4v) is 2.75. The maximum atomic E-state index is 5.67. The molecule has 0 spiro atoms. The minimum absolute atomic E-state index is 0.260. The summed E-state index contributed by atoms with van der Waals surface area (Å²) in [6, 6.07) is 15.7. The second-order valence-corrected chi connectivity index (χ2v) is 5.78. The van der Waals surface area contributed by atoms with E-state index < -0.39 is 0 Å². The van der Waals surface area contributed by atoms with Crippen molar-refractivity contribution in [1.82, 2.24) is 20.2 Å². The Morgan fingerprint density at radius 1 is 1.04 bits per heavy atom. The van der Waals surface area contributed by atoms with Crippen molar-refractivity contribution < 1.29 is 4.74 Å². The van der Waals surface area contributed by atoms with E-state index in [1.165, 1.54) is 0 Å². The van der Waals surface area contributed by atoms with Crippen LogP contribution in [0.1, 0.15) is 11.3 Å². The van der Waals surface area contributed by atoms with Crippen molar-refractivity contribution in [3.63, 3.8) is 0 Å². The van der Waals surface area contributed by atoms with Gasteiger partial charge in [0.25, 0.3) is 0 Å². The van der Waals surface area contributed by atoms with Crippen LogP contribution in [0.15, 0.2) is 54.7 Å². The zero-order valence-corrected chi connectivity index (χ0v) is 14.2. The maximum absolute atomic E-state index is 5.67. The SMILES string of the molecule is COc1ccc(/C=C/c2n[nH]c3cc(-c4ccnc(N)n4)ccc23)cc1. The summed E-state index contributed by atoms with van der Waals surface area (Å²) in [6.07, 6.45) is 5.66. The molecule has 0 saturated heterocycles. The Labute approximate surface area is 150 Å². The van der Waals surface area contributed by atoms with Gasteiger partial charge in [-0.15, -0.1) is 0 Å². The first-order valence-corrected chi connectivity index (χ1v) is 8.12. The van der Waals surface area contributed by atoms with E-state index in [0.717, 1.165) is 39.2 Å². The molecule has 3 N–H and O–H groups in total. The first-order valence-electron chi connectivity index (χ1n) is 8.12. The number of hydrogen-bond donors (Lipinski definition) is 2. The average Bonchev–Trinajstić information content (AvgIpc) is 3.09. The predicted octanol–water partition coefficient (Wildman–Crippen LogP) is 3.78. The van der Waals surface area contributed by atoms with Crippen LogP contribution in [0.25, 0.3) is 34.3 Å². The summed E-state index contributed by atoms with van der Waals surface area (Å²) in [5.74, 6) is 1.10. The van der Waals surface area contributed by atoms with Gasteiger partial charge in [0, 0.05) is 17.1 Å². The molecule has 0 saturated carbocycles. The van der Waals surface area contributed by atoms with Crippen molar-refractivity contribution in [1.29, 1.82) is 0 Å². The smallest absolute Gasteiger partial charge is 0.220 e. The van der Waals surface area contributed by atoms with Crippen LogP contribution in [-0.4, -0.2) is 27.3 Å². The Bertz CT molecular complexity index is 1080. The van der Waals surface area contributed by atoms with Crippen molar-refractivity contribution in [2.45, 2.75) is 0 Å². The highest BCUT2D eigenvalue weighted by Crippen LogP contribution is 2.25. The molecule has 2 heterocycles. The van der Waals surface area contributed by atoms with E-state index in [1.807, 2.05) is 60.7 Å². The van der Waals surface area contributed by atoms with Crippen LogP contribution in [0.3, 0.4) is 0 Å². The minimum Gasteiger partial charge on any atom is -0.497 e. The van der Waals surface area contributed by atoms with E-state index in [9.17, 15) is 0 Å². The Hall–Kier alpha value is -3.67. The van der Waals surface area contributed by atoms with Crippen molar-refractivity contribution in [3.05, 3.63) is 66.0 Å². The summed E-state index contributed by atoms with van der Waals surface area (Å²) in [7, 11) is 1.66. The second kappa shape index (κ2) is 6.68. The van der Waals surface area contributed by atoms with E-state index in [-0.39, 0.29) is 5.95 Å². The van der Waals surface area contributed by atoms with Gasteiger partial charge in [0.2, 0.25) is 5.95 Å². The van der Waals surface area contributed by atoms with Crippen LogP contribution in [0.2, 0.25) is 0 Å². The molecule has 2 aromatic carbocycles. The van der Waals surface area contributed by atoms with Gasteiger partial charge in [0.15, 0.2) is 0 Å². The van der Waals surface area contributed by atoms with Crippen LogP contribution in [0.4, 0.5) is 5.95 Å². The minimum atomic E-state index is 0.260. The lowest BCUT2D eigenvalue weighted by Crippen LogP contribution is -1.94. The fraction of sp³-hybridized carbons (Fsp3) is 0.0500. The number of aromatic amines is 1. The largest absolute Gasteiger partial charge is 0.497 e. The number of nitrogens with two attached hydrogens (primary N) is 1. The summed E-state index contributed by atoms with van der Waals surface area (Å²) < 4.78 is 5.17. The molecular formula is C20H17N5O. The lowest BCUT2D eigenvalue weighted by molar-refractivity contribution is 0.415. The summed E-state index contributed by atoms with van der Waals surface area (Å²) in [5, 5.41) is 8.52. The highest BCUT2D eigenvalue weighted by molar-refractivity contribution is 5.91. The van der Waals surface area contributed by atoms with Crippen LogP contribution < -0.4 is 10.5 Å². The number of aromatic nitrogens is 4. The van der Waals surface area contributed by atoms with Gasteiger partial charge in [-0.05, 0) is 42.0 Å². The zero-order valence-electron chi connectivity index (χ0n) is 14.2. The molecule has 6 heteroatoms. The highest BCUT2D eigenvalue weighted by Gasteiger charge is 2.06. The zero-order chi connectivity index (χ0) is 17.9. The molecule has 128 valence electrons. The van der Waals surface area contributed by atoms with Crippen LogP contribution in [-0.2, 0) is 0 Å². The molecule has 0 atom stereocenters.